The summed E-state index contributed by atoms with van der Waals surface area (Å²) in [5.41, 5.74) is 1.24. The van der Waals surface area contributed by atoms with Gasteiger partial charge in [-0.15, -0.1) is 0 Å². The van der Waals surface area contributed by atoms with Gasteiger partial charge in [0, 0.05) is 12.6 Å². The van der Waals surface area contributed by atoms with Gasteiger partial charge in [-0.3, -0.25) is 4.79 Å². The summed E-state index contributed by atoms with van der Waals surface area (Å²) in [5.74, 6) is 0.112. The van der Waals surface area contributed by atoms with Crippen LogP contribution in [0.4, 0.5) is 0 Å². The number of hydrogen-bond acceptors (Lipinski definition) is 2. The Labute approximate surface area is 116 Å². The van der Waals surface area contributed by atoms with Crippen molar-refractivity contribution in [3.63, 3.8) is 0 Å². The molecule has 0 bridgehead atoms. The predicted octanol–water partition coefficient (Wildman–Crippen LogP) is 1.60. The van der Waals surface area contributed by atoms with Gasteiger partial charge in [0.25, 0.3) is 0 Å². The summed E-state index contributed by atoms with van der Waals surface area (Å²) in [6, 6.07) is 9.24. The van der Waals surface area contributed by atoms with Crippen LogP contribution in [0.5, 0.6) is 0 Å². The highest BCUT2D eigenvalue weighted by molar-refractivity contribution is 6.88. The Hall–Kier alpha value is -1.13. The van der Waals surface area contributed by atoms with E-state index in [1.54, 1.807) is 0 Å². The SMILES string of the molecule is C[Si](C)(C)c1ccc(CNCC(=O)NC2CC2)cc1. The molecule has 1 aromatic carbocycles. The van der Waals surface area contributed by atoms with Gasteiger partial charge < -0.3 is 10.6 Å². The fourth-order valence-corrected chi connectivity index (χ4v) is 3.12. The van der Waals surface area contributed by atoms with Gasteiger partial charge in [-0.1, -0.05) is 49.1 Å². The molecule has 0 unspecified atom stereocenters. The maximum Gasteiger partial charge on any atom is 0.234 e. The van der Waals surface area contributed by atoms with Crippen molar-refractivity contribution in [2.75, 3.05) is 6.54 Å². The van der Waals surface area contributed by atoms with E-state index in [4.69, 9.17) is 0 Å². The molecule has 1 saturated carbocycles. The normalized spacial score (nSPS) is 15.3. The van der Waals surface area contributed by atoms with Crippen LogP contribution in [0, 0.1) is 0 Å². The van der Waals surface area contributed by atoms with Crippen LogP contribution in [0.2, 0.25) is 19.6 Å². The second kappa shape index (κ2) is 5.88. The molecule has 0 aromatic heterocycles. The Morgan fingerprint density at radius 2 is 1.84 bits per heavy atom. The molecule has 1 fully saturated rings. The van der Waals surface area contributed by atoms with Gasteiger partial charge >= 0.3 is 0 Å². The first kappa shape index (κ1) is 14.3. The van der Waals surface area contributed by atoms with Crippen molar-refractivity contribution >= 4 is 19.2 Å². The zero-order chi connectivity index (χ0) is 13.9. The van der Waals surface area contributed by atoms with Crippen molar-refractivity contribution < 1.29 is 4.79 Å². The summed E-state index contributed by atoms with van der Waals surface area (Å²) >= 11 is 0. The van der Waals surface area contributed by atoms with Crippen LogP contribution >= 0.6 is 0 Å². The maximum absolute atomic E-state index is 11.5. The summed E-state index contributed by atoms with van der Waals surface area (Å²) < 4.78 is 0. The summed E-state index contributed by atoms with van der Waals surface area (Å²) in [6.07, 6.45) is 2.29. The Morgan fingerprint density at radius 1 is 1.21 bits per heavy atom. The van der Waals surface area contributed by atoms with Crippen LogP contribution in [0.3, 0.4) is 0 Å². The minimum absolute atomic E-state index is 0.112. The first-order chi connectivity index (χ1) is 8.95. The van der Waals surface area contributed by atoms with E-state index in [9.17, 15) is 4.79 Å². The van der Waals surface area contributed by atoms with Gasteiger partial charge in [-0.25, -0.2) is 0 Å². The fourth-order valence-electron chi connectivity index (χ4n) is 1.95. The molecule has 1 aromatic rings. The van der Waals surface area contributed by atoms with Gasteiger partial charge in [0.15, 0.2) is 0 Å². The summed E-state index contributed by atoms with van der Waals surface area (Å²) in [4.78, 5) is 11.5. The molecule has 0 saturated heterocycles. The van der Waals surface area contributed by atoms with Crippen molar-refractivity contribution in [3.8, 4) is 0 Å². The van der Waals surface area contributed by atoms with Crippen molar-refractivity contribution in [1.82, 2.24) is 10.6 Å². The maximum atomic E-state index is 11.5. The first-order valence-corrected chi connectivity index (χ1v) is 10.5. The van der Waals surface area contributed by atoms with E-state index in [-0.39, 0.29) is 5.91 Å². The topological polar surface area (TPSA) is 41.1 Å². The average Bonchev–Trinajstić information content (AvgIpc) is 3.12. The standard InChI is InChI=1S/C15H24N2OSi/c1-19(2,3)14-8-4-12(5-9-14)10-16-11-15(18)17-13-6-7-13/h4-5,8-9,13,16H,6-7,10-11H2,1-3H3,(H,17,18). The molecule has 1 aliphatic carbocycles. The number of nitrogens with one attached hydrogen (secondary N) is 2. The number of amides is 1. The third-order valence-electron chi connectivity index (χ3n) is 3.38. The third kappa shape index (κ3) is 4.80. The number of hydrogen-bond donors (Lipinski definition) is 2. The van der Waals surface area contributed by atoms with Gasteiger partial charge in [-0.2, -0.15) is 0 Å². The number of carbonyl (C=O) groups is 1. The highest BCUT2D eigenvalue weighted by Gasteiger charge is 2.22. The van der Waals surface area contributed by atoms with Crippen molar-refractivity contribution in [2.45, 2.75) is 45.1 Å². The second-order valence-electron chi connectivity index (χ2n) is 6.39. The predicted molar refractivity (Wildman–Crippen MR) is 82.3 cm³/mol. The molecule has 104 valence electrons. The van der Waals surface area contributed by atoms with E-state index in [0.717, 1.165) is 19.4 Å². The molecule has 4 heteroatoms. The van der Waals surface area contributed by atoms with E-state index in [2.05, 4.69) is 54.5 Å². The minimum atomic E-state index is -1.20. The Morgan fingerprint density at radius 3 is 2.37 bits per heavy atom. The van der Waals surface area contributed by atoms with Gasteiger partial charge in [0.2, 0.25) is 5.91 Å². The average molecular weight is 276 g/mol. The Kier molecular flexibility index (Phi) is 4.42. The molecule has 2 rings (SSSR count). The zero-order valence-corrected chi connectivity index (χ0v) is 13.1. The van der Waals surface area contributed by atoms with E-state index in [1.165, 1.54) is 10.8 Å². The smallest absolute Gasteiger partial charge is 0.234 e. The third-order valence-corrected chi connectivity index (χ3v) is 5.44. The van der Waals surface area contributed by atoms with E-state index in [0.29, 0.717) is 12.6 Å². The Balaban J connectivity index is 1.74. The zero-order valence-electron chi connectivity index (χ0n) is 12.1. The van der Waals surface area contributed by atoms with Crippen LogP contribution in [0.25, 0.3) is 0 Å². The van der Waals surface area contributed by atoms with Crippen LogP contribution in [0.15, 0.2) is 24.3 Å². The lowest BCUT2D eigenvalue weighted by molar-refractivity contribution is -0.120. The summed E-state index contributed by atoms with van der Waals surface area (Å²) in [6.45, 7) is 8.21. The summed E-state index contributed by atoms with van der Waals surface area (Å²) in [7, 11) is -1.20. The monoisotopic (exact) mass is 276 g/mol. The minimum Gasteiger partial charge on any atom is -0.352 e. The largest absolute Gasteiger partial charge is 0.352 e. The Bertz CT molecular complexity index is 432. The molecule has 0 atom stereocenters. The molecule has 3 nitrogen and oxygen atoms in total. The molecular formula is C15H24N2OSi. The van der Waals surface area contributed by atoms with Crippen molar-refractivity contribution in [3.05, 3.63) is 29.8 Å². The molecule has 19 heavy (non-hydrogen) atoms. The number of benzene rings is 1. The fraction of sp³-hybridized carbons (Fsp3) is 0.533. The van der Waals surface area contributed by atoms with Crippen LogP contribution in [-0.2, 0) is 11.3 Å². The lowest BCUT2D eigenvalue weighted by Gasteiger charge is -2.16. The molecule has 1 aliphatic rings. The summed E-state index contributed by atoms with van der Waals surface area (Å²) in [5, 5.41) is 7.64. The molecule has 2 N–H and O–H groups in total. The molecule has 0 aliphatic heterocycles. The molecule has 0 heterocycles. The highest BCUT2D eigenvalue weighted by Crippen LogP contribution is 2.18. The number of carbonyl (C=O) groups excluding carboxylic acids is 1. The van der Waals surface area contributed by atoms with Gasteiger partial charge in [0.05, 0.1) is 14.6 Å². The second-order valence-corrected chi connectivity index (χ2v) is 11.5. The molecule has 0 spiro atoms. The van der Waals surface area contributed by atoms with Crippen LogP contribution in [0.1, 0.15) is 18.4 Å². The van der Waals surface area contributed by atoms with Crippen LogP contribution < -0.4 is 15.8 Å². The molecular weight excluding hydrogens is 252 g/mol. The molecule has 0 radical (unpaired) electrons. The molecule has 1 amide bonds. The lowest BCUT2D eigenvalue weighted by atomic mass is 10.2. The highest BCUT2D eigenvalue weighted by atomic mass is 28.3. The van der Waals surface area contributed by atoms with E-state index in [1.807, 2.05) is 0 Å². The van der Waals surface area contributed by atoms with Crippen molar-refractivity contribution in [2.24, 2.45) is 0 Å². The van der Waals surface area contributed by atoms with Crippen molar-refractivity contribution in [1.29, 1.82) is 0 Å². The van der Waals surface area contributed by atoms with Gasteiger partial charge in [0.1, 0.15) is 0 Å². The van der Waals surface area contributed by atoms with E-state index < -0.39 is 8.07 Å². The number of rotatable bonds is 6. The van der Waals surface area contributed by atoms with E-state index >= 15 is 0 Å². The lowest BCUT2D eigenvalue weighted by Crippen LogP contribution is -2.37. The quantitative estimate of drug-likeness (QED) is 0.775. The van der Waals surface area contributed by atoms with Gasteiger partial charge in [-0.05, 0) is 18.4 Å². The van der Waals surface area contributed by atoms with Crippen LogP contribution in [-0.4, -0.2) is 26.6 Å². The first-order valence-electron chi connectivity index (χ1n) is 7.04.